The van der Waals surface area contributed by atoms with Crippen LogP contribution >= 0.6 is 0 Å². The van der Waals surface area contributed by atoms with Crippen molar-refractivity contribution in [3.63, 3.8) is 0 Å². The maximum Gasteiger partial charge on any atom is 0.127 e. The van der Waals surface area contributed by atoms with E-state index in [4.69, 9.17) is 9.47 Å². The van der Waals surface area contributed by atoms with Gasteiger partial charge in [0.15, 0.2) is 0 Å². The zero-order chi connectivity index (χ0) is 15.7. The van der Waals surface area contributed by atoms with E-state index in [2.05, 4.69) is 52.1 Å². The van der Waals surface area contributed by atoms with Gasteiger partial charge in [-0.3, -0.25) is 0 Å². The summed E-state index contributed by atoms with van der Waals surface area (Å²) < 4.78 is 11.6. The van der Waals surface area contributed by atoms with Crippen LogP contribution in [0.15, 0.2) is 29.8 Å². The Kier molecular flexibility index (Phi) is 7.91. The van der Waals surface area contributed by atoms with Gasteiger partial charge in [0.05, 0.1) is 6.61 Å². The van der Waals surface area contributed by atoms with Crippen molar-refractivity contribution in [3.05, 3.63) is 35.4 Å². The van der Waals surface area contributed by atoms with E-state index >= 15 is 0 Å². The number of allylic oxidation sites excluding steroid dienone is 1. The molecule has 1 rings (SSSR count). The largest absolute Gasteiger partial charge is 0.493 e. The minimum atomic E-state index is 0.451. The van der Waals surface area contributed by atoms with Crippen LogP contribution in [0.3, 0.4) is 0 Å². The van der Waals surface area contributed by atoms with E-state index in [1.54, 1.807) is 0 Å². The summed E-state index contributed by atoms with van der Waals surface area (Å²) in [7, 11) is 0. The first-order chi connectivity index (χ1) is 10.0. The molecular formula is C18H29NO2. The third kappa shape index (κ3) is 7.19. The Morgan fingerprint density at radius 1 is 1.24 bits per heavy atom. The number of rotatable bonds is 9. The third-order valence-electron chi connectivity index (χ3n) is 2.94. The molecule has 0 radical (unpaired) electrons. The van der Waals surface area contributed by atoms with Crippen LogP contribution in [0.1, 0.15) is 46.6 Å². The Bertz CT molecular complexity index is 449. The third-order valence-corrected chi connectivity index (χ3v) is 2.94. The Balaban J connectivity index is 2.81. The van der Waals surface area contributed by atoms with E-state index in [9.17, 15) is 0 Å². The highest BCUT2D eigenvalue weighted by atomic mass is 16.5. The highest BCUT2D eigenvalue weighted by Crippen LogP contribution is 2.25. The predicted octanol–water partition coefficient (Wildman–Crippen LogP) is 4.32. The second-order valence-corrected chi connectivity index (χ2v) is 5.75. The lowest BCUT2D eigenvalue weighted by molar-refractivity contribution is 0.311. The molecule has 118 valence electrons. The number of hydrogen-bond donors (Lipinski definition) is 1. The molecule has 0 aliphatic rings. The maximum atomic E-state index is 5.90. The summed E-state index contributed by atoms with van der Waals surface area (Å²) in [6.07, 6.45) is 3.09. The number of ether oxygens (including phenoxy) is 2. The summed E-state index contributed by atoms with van der Waals surface area (Å²) in [6.45, 7) is 12.7. The fourth-order valence-electron chi connectivity index (χ4n) is 1.74. The molecule has 0 saturated heterocycles. The molecule has 0 atom stereocenters. The van der Waals surface area contributed by atoms with Crippen molar-refractivity contribution >= 4 is 0 Å². The first kappa shape index (κ1) is 17.6. The zero-order valence-electron chi connectivity index (χ0n) is 14.0. The number of benzene rings is 1. The summed E-state index contributed by atoms with van der Waals surface area (Å²) >= 11 is 0. The number of hydrogen-bond acceptors (Lipinski definition) is 3. The molecule has 21 heavy (non-hydrogen) atoms. The highest BCUT2D eigenvalue weighted by Gasteiger charge is 2.07. The van der Waals surface area contributed by atoms with Crippen LogP contribution in [-0.4, -0.2) is 19.3 Å². The Hall–Kier alpha value is -1.48. The standard InChI is InChI=1S/C18H29NO2/c1-6-10-20-17-8-7-16(13-19-15(4)5)18(12-17)21-11-9-14(2)3/h7-9,12,15,19H,6,10-11,13H2,1-5H3. The van der Waals surface area contributed by atoms with Crippen molar-refractivity contribution in [1.29, 1.82) is 0 Å². The van der Waals surface area contributed by atoms with Gasteiger partial charge in [-0.15, -0.1) is 0 Å². The lowest BCUT2D eigenvalue weighted by Gasteiger charge is -2.15. The van der Waals surface area contributed by atoms with Gasteiger partial charge in [0.25, 0.3) is 0 Å². The molecule has 1 aromatic carbocycles. The van der Waals surface area contributed by atoms with Crippen molar-refractivity contribution in [1.82, 2.24) is 5.32 Å². The van der Waals surface area contributed by atoms with Crippen molar-refractivity contribution in [2.24, 2.45) is 0 Å². The minimum Gasteiger partial charge on any atom is -0.493 e. The van der Waals surface area contributed by atoms with Crippen molar-refractivity contribution < 1.29 is 9.47 Å². The van der Waals surface area contributed by atoms with Gasteiger partial charge in [0.1, 0.15) is 18.1 Å². The van der Waals surface area contributed by atoms with Crippen molar-refractivity contribution in [3.8, 4) is 11.5 Å². The van der Waals surface area contributed by atoms with E-state index in [1.807, 2.05) is 12.1 Å². The van der Waals surface area contributed by atoms with Gasteiger partial charge >= 0.3 is 0 Å². The molecule has 0 aliphatic carbocycles. The highest BCUT2D eigenvalue weighted by molar-refractivity contribution is 5.41. The van der Waals surface area contributed by atoms with E-state index in [1.165, 1.54) is 5.57 Å². The molecule has 0 spiro atoms. The van der Waals surface area contributed by atoms with Gasteiger partial charge < -0.3 is 14.8 Å². The van der Waals surface area contributed by atoms with Crippen LogP contribution in [0.25, 0.3) is 0 Å². The Morgan fingerprint density at radius 3 is 2.62 bits per heavy atom. The molecule has 1 N–H and O–H groups in total. The van der Waals surface area contributed by atoms with E-state index in [0.29, 0.717) is 12.6 Å². The first-order valence-corrected chi connectivity index (χ1v) is 7.78. The molecule has 0 aliphatic heterocycles. The van der Waals surface area contributed by atoms with Crippen molar-refractivity contribution in [2.45, 2.75) is 53.6 Å². The summed E-state index contributed by atoms with van der Waals surface area (Å²) in [5.41, 5.74) is 2.42. The van der Waals surface area contributed by atoms with Crippen LogP contribution < -0.4 is 14.8 Å². The van der Waals surface area contributed by atoms with E-state index < -0.39 is 0 Å². The molecule has 3 heteroatoms. The van der Waals surface area contributed by atoms with Crippen LogP contribution in [-0.2, 0) is 6.54 Å². The first-order valence-electron chi connectivity index (χ1n) is 7.78. The summed E-state index contributed by atoms with van der Waals surface area (Å²) in [5.74, 6) is 1.77. The van der Waals surface area contributed by atoms with Gasteiger partial charge in [-0.1, -0.05) is 32.4 Å². The van der Waals surface area contributed by atoms with Crippen LogP contribution in [0.2, 0.25) is 0 Å². The normalized spacial score (nSPS) is 10.6. The van der Waals surface area contributed by atoms with Gasteiger partial charge in [-0.25, -0.2) is 0 Å². The van der Waals surface area contributed by atoms with E-state index in [-0.39, 0.29) is 0 Å². The van der Waals surface area contributed by atoms with Crippen molar-refractivity contribution in [2.75, 3.05) is 13.2 Å². The predicted molar refractivity (Wildman–Crippen MR) is 89.1 cm³/mol. The van der Waals surface area contributed by atoms with Gasteiger partial charge in [0, 0.05) is 24.2 Å². The second kappa shape index (κ2) is 9.46. The average molecular weight is 291 g/mol. The fraction of sp³-hybridized carbons (Fsp3) is 0.556. The molecule has 0 bridgehead atoms. The van der Waals surface area contributed by atoms with Gasteiger partial charge in [-0.2, -0.15) is 0 Å². The van der Waals surface area contributed by atoms with Gasteiger partial charge in [-0.05, 0) is 32.4 Å². The molecule has 0 amide bonds. The monoisotopic (exact) mass is 291 g/mol. The smallest absolute Gasteiger partial charge is 0.127 e. The molecule has 0 aromatic heterocycles. The molecule has 0 fully saturated rings. The Labute approximate surface area is 129 Å². The lowest BCUT2D eigenvalue weighted by Crippen LogP contribution is -2.22. The molecule has 0 saturated carbocycles. The maximum absolute atomic E-state index is 5.90. The van der Waals surface area contributed by atoms with Crippen LogP contribution in [0.4, 0.5) is 0 Å². The van der Waals surface area contributed by atoms with Gasteiger partial charge in [0.2, 0.25) is 0 Å². The Morgan fingerprint density at radius 2 is 2.00 bits per heavy atom. The van der Waals surface area contributed by atoms with E-state index in [0.717, 1.165) is 36.6 Å². The van der Waals surface area contributed by atoms with Crippen LogP contribution in [0.5, 0.6) is 11.5 Å². The fourth-order valence-corrected chi connectivity index (χ4v) is 1.74. The topological polar surface area (TPSA) is 30.5 Å². The second-order valence-electron chi connectivity index (χ2n) is 5.75. The van der Waals surface area contributed by atoms with Crippen LogP contribution in [0, 0.1) is 0 Å². The quantitative estimate of drug-likeness (QED) is 0.687. The molecule has 3 nitrogen and oxygen atoms in total. The minimum absolute atomic E-state index is 0.451. The SMILES string of the molecule is CCCOc1ccc(CNC(C)C)c(OCC=C(C)C)c1. The summed E-state index contributed by atoms with van der Waals surface area (Å²) in [4.78, 5) is 0. The summed E-state index contributed by atoms with van der Waals surface area (Å²) in [5, 5.41) is 3.43. The number of nitrogens with one attached hydrogen (secondary N) is 1. The molecule has 0 heterocycles. The molecular weight excluding hydrogens is 262 g/mol. The lowest BCUT2D eigenvalue weighted by atomic mass is 10.1. The zero-order valence-corrected chi connectivity index (χ0v) is 14.0. The average Bonchev–Trinajstić information content (AvgIpc) is 2.43. The summed E-state index contributed by atoms with van der Waals surface area (Å²) in [6, 6.07) is 6.54. The molecule has 0 unspecified atom stereocenters. The molecule has 1 aromatic rings.